The summed E-state index contributed by atoms with van der Waals surface area (Å²) >= 11 is 0. The predicted octanol–water partition coefficient (Wildman–Crippen LogP) is 2.97. The molecule has 1 atom stereocenters. The minimum absolute atomic E-state index is 0.0538. The van der Waals surface area contributed by atoms with Crippen LogP contribution in [0.3, 0.4) is 0 Å². The smallest absolute Gasteiger partial charge is 0.254 e. The monoisotopic (exact) mass is 400 g/mol. The fourth-order valence-electron chi connectivity index (χ4n) is 4.40. The predicted molar refractivity (Wildman–Crippen MR) is 115 cm³/mol. The molecule has 1 saturated heterocycles. The molecular weight excluding hydrogens is 376 g/mol. The van der Waals surface area contributed by atoms with E-state index in [0.717, 1.165) is 35.3 Å². The molecule has 1 aromatic carbocycles. The van der Waals surface area contributed by atoms with Gasteiger partial charge >= 0.3 is 0 Å². The fraction of sp³-hybridized carbons (Fsp3) is 0.304. The Morgan fingerprint density at radius 2 is 1.87 bits per heavy atom. The van der Waals surface area contributed by atoms with Gasteiger partial charge in [-0.3, -0.25) is 4.79 Å². The van der Waals surface area contributed by atoms with E-state index in [2.05, 4.69) is 26.1 Å². The van der Waals surface area contributed by atoms with E-state index in [4.69, 9.17) is 0 Å². The minimum Gasteiger partial charge on any atom is -0.334 e. The molecule has 2 aliphatic rings. The highest BCUT2D eigenvalue weighted by Gasteiger charge is 2.37. The molecule has 2 aliphatic heterocycles. The van der Waals surface area contributed by atoms with E-state index in [-0.39, 0.29) is 5.91 Å². The second-order valence-electron chi connectivity index (χ2n) is 8.10. The summed E-state index contributed by atoms with van der Waals surface area (Å²) in [5.74, 6) is 1.92. The third-order valence-electron chi connectivity index (χ3n) is 5.81. The summed E-state index contributed by atoms with van der Waals surface area (Å²) in [6, 6.07) is 9.70. The summed E-state index contributed by atoms with van der Waals surface area (Å²) in [5.41, 5.74) is 4.76. The molecule has 1 amide bonds. The SMILES string of the molecule is Cc1cc(C)nc(N2C=C3CN(C(=O)c4ccccc4-c4nccn4C)CC3C2)n1. The molecule has 3 aromatic rings. The number of carbonyl (C=O) groups is 1. The first-order valence-corrected chi connectivity index (χ1v) is 10.1. The zero-order chi connectivity index (χ0) is 20.8. The van der Waals surface area contributed by atoms with Crippen molar-refractivity contribution in [2.45, 2.75) is 13.8 Å². The molecule has 5 rings (SSSR count). The van der Waals surface area contributed by atoms with E-state index >= 15 is 0 Å². The molecule has 30 heavy (non-hydrogen) atoms. The number of aromatic nitrogens is 4. The van der Waals surface area contributed by atoms with Crippen molar-refractivity contribution >= 4 is 11.9 Å². The van der Waals surface area contributed by atoms with E-state index in [1.54, 1.807) is 6.20 Å². The molecule has 1 unspecified atom stereocenters. The molecule has 1 fully saturated rings. The Hall–Kier alpha value is -3.48. The molecule has 0 spiro atoms. The van der Waals surface area contributed by atoms with Crippen LogP contribution in [0, 0.1) is 19.8 Å². The first kappa shape index (κ1) is 18.5. The molecule has 7 nitrogen and oxygen atoms in total. The van der Waals surface area contributed by atoms with Crippen LogP contribution in [0.1, 0.15) is 21.7 Å². The summed E-state index contributed by atoms with van der Waals surface area (Å²) in [6.45, 7) is 6.13. The highest BCUT2D eigenvalue weighted by Crippen LogP contribution is 2.33. The lowest BCUT2D eigenvalue weighted by Gasteiger charge is -2.21. The highest BCUT2D eigenvalue weighted by atomic mass is 16.2. The van der Waals surface area contributed by atoms with Crippen molar-refractivity contribution in [3.8, 4) is 11.4 Å². The normalized spacial score (nSPS) is 18.0. The van der Waals surface area contributed by atoms with Gasteiger partial charge in [0.15, 0.2) is 0 Å². The van der Waals surface area contributed by atoms with Crippen molar-refractivity contribution in [1.29, 1.82) is 0 Å². The number of imidazole rings is 1. The van der Waals surface area contributed by atoms with Crippen molar-refractivity contribution in [2.24, 2.45) is 13.0 Å². The van der Waals surface area contributed by atoms with Gasteiger partial charge in [0.1, 0.15) is 5.82 Å². The summed E-state index contributed by atoms with van der Waals surface area (Å²) in [4.78, 5) is 31.0. The molecule has 7 heteroatoms. The van der Waals surface area contributed by atoms with E-state index in [1.807, 2.05) is 66.9 Å². The number of hydrogen-bond donors (Lipinski definition) is 0. The van der Waals surface area contributed by atoms with Crippen LogP contribution < -0.4 is 4.90 Å². The number of hydrogen-bond acceptors (Lipinski definition) is 5. The van der Waals surface area contributed by atoms with Crippen LogP contribution in [0.4, 0.5) is 5.95 Å². The minimum atomic E-state index is 0.0538. The maximum atomic E-state index is 13.4. The van der Waals surface area contributed by atoms with Crippen LogP contribution in [0.25, 0.3) is 11.4 Å². The third-order valence-corrected chi connectivity index (χ3v) is 5.81. The molecule has 4 heterocycles. The van der Waals surface area contributed by atoms with Gasteiger partial charge in [0.25, 0.3) is 5.91 Å². The number of amides is 1. The fourth-order valence-corrected chi connectivity index (χ4v) is 4.40. The van der Waals surface area contributed by atoms with Crippen LogP contribution in [0.2, 0.25) is 0 Å². The van der Waals surface area contributed by atoms with Gasteiger partial charge in [-0.15, -0.1) is 0 Å². The van der Waals surface area contributed by atoms with E-state index < -0.39 is 0 Å². The van der Waals surface area contributed by atoms with Crippen molar-refractivity contribution < 1.29 is 4.79 Å². The second kappa shape index (κ2) is 7.09. The van der Waals surface area contributed by atoms with Crippen LogP contribution >= 0.6 is 0 Å². The maximum Gasteiger partial charge on any atom is 0.254 e. The zero-order valence-corrected chi connectivity index (χ0v) is 17.4. The van der Waals surface area contributed by atoms with Crippen LogP contribution in [0.15, 0.2) is 54.5 Å². The molecule has 0 N–H and O–H groups in total. The first-order valence-electron chi connectivity index (χ1n) is 10.1. The third kappa shape index (κ3) is 3.16. The van der Waals surface area contributed by atoms with Crippen molar-refractivity contribution in [1.82, 2.24) is 24.4 Å². The van der Waals surface area contributed by atoms with Crippen LogP contribution in [-0.2, 0) is 7.05 Å². The van der Waals surface area contributed by atoms with E-state index in [1.165, 1.54) is 5.57 Å². The summed E-state index contributed by atoms with van der Waals surface area (Å²) in [6.07, 6.45) is 5.77. The molecule has 0 radical (unpaired) electrons. The van der Waals surface area contributed by atoms with Gasteiger partial charge in [-0.25, -0.2) is 15.0 Å². The van der Waals surface area contributed by atoms with E-state index in [0.29, 0.717) is 24.6 Å². The quantitative estimate of drug-likeness (QED) is 0.676. The maximum absolute atomic E-state index is 13.4. The number of likely N-dealkylation sites (tertiary alicyclic amines) is 1. The summed E-state index contributed by atoms with van der Waals surface area (Å²) in [7, 11) is 1.94. The largest absolute Gasteiger partial charge is 0.334 e. The number of benzene rings is 1. The van der Waals surface area contributed by atoms with E-state index in [9.17, 15) is 4.79 Å². The van der Waals surface area contributed by atoms with Crippen molar-refractivity contribution in [3.05, 3.63) is 71.4 Å². The van der Waals surface area contributed by atoms with Gasteiger partial charge in [0, 0.05) is 68.1 Å². The van der Waals surface area contributed by atoms with Crippen LogP contribution in [-0.4, -0.2) is 50.0 Å². The number of anilines is 1. The molecular formula is C23H24N6O. The Kier molecular flexibility index (Phi) is 4.38. The van der Waals surface area contributed by atoms with Gasteiger partial charge in [0.2, 0.25) is 5.95 Å². The molecule has 2 aromatic heterocycles. The number of rotatable bonds is 3. The van der Waals surface area contributed by atoms with Gasteiger partial charge in [0.05, 0.1) is 5.56 Å². The first-order chi connectivity index (χ1) is 14.5. The lowest BCUT2D eigenvalue weighted by atomic mass is 10.1. The molecule has 0 aliphatic carbocycles. The van der Waals surface area contributed by atoms with Gasteiger partial charge in [-0.2, -0.15) is 0 Å². The van der Waals surface area contributed by atoms with Gasteiger partial charge in [-0.05, 0) is 31.6 Å². The summed E-state index contributed by atoms with van der Waals surface area (Å²) < 4.78 is 1.94. The second-order valence-corrected chi connectivity index (χ2v) is 8.10. The van der Waals surface area contributed by atoms with Crippen molar-refractivity contribution in [3.63, 3.8) is 0 Å². The zero-order valence-electron chi connectivity index (χ0n) is 17.4. The Labute approximate surface area is 175 Å². The van der Waals surface area contributed by atoms with Gasteiger partial charge < -0.3 is 14.4 Å². The molecule has 0 saturated carbocycles. The van der Waals surface area contributed by atoms with Gasteiger partial charge in [-0.1, -0.05) is 18.2 Å². The number of aryl methyl sites for hydroxylation is 3. The number of carbonyl (C=O) groups excluding carboxylic acids is 1. The lowest BCUT2D eigenvalue weighted by molar-refractivity contribution is 0.0789. The Morgan fingerprint density at radius 1 is 1.10 bits per heavy atom. The average molecular weight is 400 g/mol. The Morgan fingerprint density at radius 3 is 2.57 bits per heavy atom. The van der Waals surface area contributed by atoms with Crippen molar-refractivity contribution in [2.75, 3.05) is 24.5 Å². The molecule has 0 bridgehead atoms. The highest BCUT2D eigenvalue weighted by molar-refractivity contribution is 6.00. The summed E-state index contributed by atoms with van der Waals surface area (Å²) in [5, 5.41) is 0. The average Bonchev–Trinajstić information content (AvgIpc) is 3.41. The topological polar surface area (TPSA) is 67.2 Å². The number of nitrogens with zero attached hydrogens (tertiary/aromatic N) is 6. The Bertz CT molecular complexity index is 1140. The standard InChI is InChI=1S/C23H24N6O/c1-15-10-16(2)26-23(25-15)29-13-17-11-28(12-18(17)14-29)22(30)20-7-5-4-6-19(20)21-24-8-9-27(21)3/h4-10,13,18H,11-12,14H2,1-3H3. The number of fused-ring (bicyclic) bond motifs is 1. The Balaban J connectivity index is 1.38. The van der Waals surface area contributed by atoms with Crippen LogP contribution in [0.5, 0.6) is 0 Å². The lowest BCUT2D eigenvalue weighted by Crippen LogP contribution is -2.32. The molecule has 152 valence electrons.